The molecule has 0 aliphatic heterocycles. The molecule has 0 unspecified atom stereocenters. The summed E-state index contributed by atoms with van der Waals surface area (Å²) in [5, 5.41) is 24.6. The number of para-hydroxylation sites is 2. The van der Waals surface area contributed by atoms with Crippen molar-refractivity contribution < 1.29 is 4.42 Å². The minimum atomic E-state index is 0.598. The second-order valence-corrected chi connectivity index (χ2v) is 11.4. The molecule has 0 saturated carbocycles. The third kappa shape index (κ3) is 3.71. The highest BCUT2D eigenvalue weighted by Crippen LogP contribution is 2.43. The topological polar surface area (TPSA) is 60.7 Å². The number of thiophene rings is 1. The predicted molar refractivity (Wildman–Crippen MR) is 172 cm³/mol. The van der Waals surface area contributed by atoms with E-state index in [1.165, 1.54) is 20.2 Å². The zero-order valence-electron chi connectivity index (χ0n) is 22.3. The van der Waals surface area contributed by atoms with Crippen LogP contribution in [0.5, 0.6) is 0 Å². The molecule has 0 aliphatic rings. The van der Waals surface area contributed by atoms with E-state index in [-0.39, 0.29) is 0 Å². The molecule has 2 heterocycles. The van der Waals surface area contributed by atoms with Gasteiger partial charge in [-0.3, -0.25) is 0 Å². The molecule has 0 amide bonds. The molecule has 0 atom stereocenters. The molecule has 2 aromatic heterocycles. The first-order chi connectivity index (χ1) is 20.7. The second-order valence-electron chi connectivity index (χ2n) is 10.3. The van der Waals surface area contributed by atoms with Crippen molar-refractivity contribution in [2.75, 3.05) is 0 Å². The van der Waals surface area contributed by atoms with E-state index in [9.17, 15) is 10.5 Å². The highest BCUT2D eigenvalue weighted by Gasteiger charge is 2.20. The van der Waals surface area contributed by atoms with Gasteiger partial charge in [0.2, 0.25) is 0 Å². The molecule has 6 aromatic carbocycles. The van der Waals surface area contributed by atoms with Crippen molar-refractivity contribution in [2.24, 2.45) is 0 Å². The number of nitriles is 2. The predicted octanol–water partition coefficient (Wildman–Crippen LogP) is 10.7. The van der Waals surface area contributed by atoms with Crippen LogP contribution in [0.25, 0.3) is 75.5 Å². The maximum Gasteiger partial charge on any atom is 0.143 e. The molecule has 3 nitrogen and oxygen atoms in total. The number of nitrogens with zero attached hydrogens (tertiary/aromatic N) is 2. The highest BCUT2D eigenvalue weighted by molar-refractivity contribution is 7.25. The van der Waals surface area contributed by atoms with E-state index in [1.54, 1.807) is 11.3 Å². The van der Waals surface area contributed by atoms with Gasteiger partial charge in [0.1, 0.15) is 17.2 Å². The van der Waals surface area contributed by atoms with Crippen molar-refractivity contribution in [3.8, 4) is 45.5 Å². The van der Waals surface area contributed by atoms with Gasteiger partial charge in [-0.25, -0.2) is 0 Å². The molecule has 8 rings (SSSR count). The monoisotopic (exact) mass is 552 g/mol. The Hall–Kier alpha value is -5.68. The number of rotatable bonds is 3. The molecule has 0 aliphatic carbocycles. The fourth-order valence-corrected chi connectivity index (χ4v) is 7.10. The van der Waals surface area contributed by atoms with Gasteiger partial charge in [-0.05, 0) is 59.2 Å². The first-order valence-electron chi connectivity index (χ1n) is 13.6. The second kappa shape index (κ2) is 9.46. The van der Waals surface area contributed by atoms with Crippen molar-refractivity contribution in [1.29, 1.82) is 10.5 Å². The van der Waals surface area contributed by atoms with Gasteiger partial charge in [0.25, 0.3) is 0 Å². The first-order valence-corrected chi connectivity index (χ1v) is 14.4. The third-order valence-electron chi connectivity index (χ3n) is 7.98. The Morgan fingerprint density at radius 3 is 2.05 bits per heavy atom. The standard InChI is InChI=1S/C38H20N2OS/c39-21-23-12-14-24(15-13-23)26-18-32(25-16-17-29-28-7-2-4-11-36(28)42-37(29)20-25)34(22-40)33(19-26)31-9-5-8-30-27-6-1-3-10-35(27)41-38(30)31/h1-20H. The van der Waals surface area contributed by atoms with Crippen molar-refractivity contribution in [3.05, 3.63) is 132 Å². The van der Waals surface area contributed by atoms with E-state index in [1.807, 2.05) is 54.6 Å². The average molecular weight is 553 g/mol. The summed E-state index contributed by atoms with van der Waals surface area (Å²) >= 11 is 1.76. The Labute approximate surface area is 245 Å². The normalized spacial score (nSPS) is 11.3. The van der Waals surface area contributed by atoms with Gasteiger partial charge in [-0.2, -0.15) is 10.5 Å². The lowest BCUT2D eigenvalue weighted by Gasteiger charge is -2.15. The van der Waals surface area contributed by atoms with Gasteiger partial charge in [-0.1, -0.05) is 78.9 Å². The van der Waals surface area contributed by atoms with Crippen LogP contribution in [0.15, 0.2) is 126 Å². The molecule has 8 aromatic rings. The first kappa shape index (κ1) is 24.1. The summed E-state index contributed by atoms with van der Waals surface area (Å²) in [6, 6.07) is 45.6. The highest BCUT2D eigenvalue weighted by atomic mass is 32.1. The Morgan fingerprint density at radius 2 is 1.21 bits per heavy atom. The largest absolute Gasteiger partial charge is 0.455 e. The van der Waals surface area contributed by atoms with Crippen LogP contribution in [0.2, 0.25) is 0 Å². The summed E-state index contributed by atoms with van der Waals surface area (Å²) < 4.78 is 8.83. The van der Waals surface area contributed by atoms with Crippen molar-refractivity contribution in [2.45, 2.75) is 0 Å². The lowest BCUT2D eigenvalue weighted by Crippen LogP contribution is -1.93. The van der Waals surface area contributed by atoms with Gasteiger partial charge in [0, 0.05) is 47.6 Å². The molecule has 0 saturated heterocycles. The van der Waals surface area contributed by atoms with Crippen LogP contribution in [0.1, 0.15) is 11.1 Å². The molecule has 0 bridgehead atoms. The lowest BCUT2D eigenvalue weighted by atomic mass is 9.87. The average Bonchev–Trinajstić information content (AvgIpc) is 3.62. The molecule has 0 radical (unpaired) electrons. The summed E-state index contributed by atoms with van der Waals surface area (Å²) in [6.07, 6.45) is 0. The van der Waals surface area contributed by atoms with Gasteiger partial charge in [-0.15, -0.1) is 11.3 Å². The number of hydrogen-bond donors (Lipinski definition) is 0. The van der Waals surface area contributed by atoms with Crippen molar-refractivity contribution in [3.63, 3.8) is 0 Å². The molecule has 0 fully saturated rings. The van der Waals surface area contributed by atoms with Gasteiger partial charge in [0.05, 0.1) is 17.2 Å². The van der Waals surface area contributed by atoms with Gasteiger partial charge < -0.3 is 4.42 Å². The van der Waals surface area contributed by atoms with E-state index >= 15 is 0 Å². The van der Waals surface area contributed by atoms with Crippen LogP contribution in [0, 0.1) is 22.7 Å². The fraction of sp³-hybridized carbons (Fsp3) is 0. The molecule has 4 heteroatoms. The SMILES string of the molecule is N#Cc1ccc(-c2cc(-c3ccc4c(c3)sc3ccccc34)c(C#N)c(-c3cccc4c3oc3ccccc34)c2)cc1. The summed E-state index contributed by atoms with van der Waals surface area (Å²) in [5.74, 6) is 0. The number of furan rings is 1. The smallest absolute Gasteiger partial charge is 0.143 e. The third-order valence-corrected chi connectivity index (χ3v) is 9.12. The molecular formula is C38H20N2OS. The van der Waals surface area contributed by atoms with E-state index in [2.05, 4.69) is 78.9 Å². The zero-order chi connectivity index (χ0) is 28.2. The Bertz CT molecular complexity index is 2430. The van der Waals surface area contributed by atoms with Crippen LogP contribution < -0.4 is 0 Å². The summed E-state index contributed by atoms with van der Waals surface area (Å²) in [5.41, 5.74) is 8.26. The summed E-state index contributed by atoms with van der Waals surface area (Å²) in [4.78, 5) is 0. The zero-order valence-corrected chi connectivity index (χ0v) is 23.1. The number of fused-ring (bicyclic) bond motifs is 6. The van der Waals surface area contributed by atoms with E-state index < -0.39 is 0 Å². The summed E-state index contributed by atoms with van der Waals surface area (Å²) in [6.45, 7) is 0. The molecule has 194 valence electrons. The molecule has 42 heavy (non-hydrogen) atoms. The minimum absolute atomic E-state index is 0.598. The summed E-state index contributed by atoms with van der Waals surface area (Å²) in [7, 11) is 0. The van der Waals surface area contributed by atoms with E-state index in [0.29, 0.717) is 11.1 Å². The Kier molecular flexibility index (Phi) is 5.44. The van der Waals surface area contributed by atoms with Crippen LogP contribution >= 0.6 is 11.3 Å². The quantitative estimate of drug-likeness (QED) is 0.219. The number of hydrogen-bond acceptors (Lipinski definition) is 4. The maximum absolute atomic E-state index is 10.7. The molecule has 0 N–H and O–H groups in total. The Morgan fingerprint density at radius 1 is 0.500 bits per heavy atom. The van der Waals surface area contributed by atoms with Crippen molar-refractivity contribution >= 4 is 53.4 Å². The van der Waals surface area contributed by atoms with Crippen LogP contribution in [0.4, 0.5) is 0 Å². The van der Waals surface area contributed by atoms with Crippen LogP contribution in [-0.4, -0.2) is 0 Å². The van der Waals surface area contributed by atoms with Crippen LogP contribution in [-0.2, 0) is 0 Å². The minimum Gasteiger partial charge on any atom is -0.455 e. The Balaban J connectivity index is 1.43. The van der Waals surface area contributed by atoms with E-state index in [4.69, 9.17) is 4.42 Å². The van der Waals surface area contributed by atoms with E-state index in [0.717, 1.165) is 55.3 Å². The van der Waals surface area contributed by atoms with Gasteiger partial charge >= 0.3 is 0 Å². The molecular weight excluding hydrogens is 532 g/mol. The van der Waals surface area contributed by atoms with Crippen LogP contribution in [0.3, 0.4) is 0 Å². The maximum atomic E-state index is 10.7. The molecule has 0 spiro atoms. The van der Waals surface area contributed by atoms with Gasteiger partial charge in [0.15, 0.2) is 0 Å². The number of benzene rings is 6. The lowest BCUT2D eigenvalue weighted by molar-refractivity contribution is 0.670. The van der Waals surface area contributed by atoms with Crippen molar-refractivity contribution in [1.82, 2.24) is 0 Å². The fourth-order valence-electron chi connectivity index (χ4n) is 5.96.